The molecule has 0 aliphatic rings. The van der Waals surface area contributed by atoms with E-state index in [-0.39, 0.29) is 12.4 Å². The molecule has 0 aliphatic carbocycles. The predicted octanol–water partition coefficient (Wildman–Crippen LogP) is 1.63. The number of rotatable bonds is 4. The van der Waals surface area contributed by atoms with E-state index >= 15 is 0 Å². The zero-order valence-corrected chi connectivity index (χ0v) is 9.46. The van der Waals surface area contributed by atoms with Crippen LogP contribution in [0.15, 0.2) is 24.3 Å². The molecule has 0 spiro atoms. The fraction of sp³-hybridized carbons (Fsp3) is 0.364. The largest absolute Gasteiger partial charge is 0.480 e. The molecule has 4 heteroatoms. The minimum Gasteiger partial charge on any atom is -0.480 e. The van der Waals surface area contributed by atoms with Gasteiger partial charge in [0.1, 0.15) is 6.04 Å². The van der Waals surface area contributed by atoms with Gasteiger partial charge in [-0.05, 0) is 24.0 Å². The van der Waals surface area contributed by atoms with Crippen molar-refractivity contribution >= 4 is 18.4 Å². The third-order valence-electron chi connectivity index (χ3n) is 2.26. The Bertz CT molecular complexity index is 328. The van der Waals surface area contributed by atoms with Gasteiger partial charge in [0.05, 0.1) is 0 Å². The molecule has 1 rings (SSSR count). The van der Waals surface area contributed by atoms with Gasteiger partial charge in [-0.2, -0.15) is 0 Å². The van der Waals surface area contributed by atoms with Crippen LogP contribution in [0.2, 0.25) is 0 Å². The Morgan fingerprint density at radius 3 is 2.40 bits per heavy atom. The second kappa shape index (κ2) is 6.43. The van der Waals surface area contributed by atoms with Crippen LogP contribution in [0.3, 0.4) is 0 Å². The quantitative estimate of drug-likeness (QED) is 0.825. The number of carbonyl (C=O) groups is 1. The van der Waals surface area contributed by atoms with Gasteiger partial charge < -0.3 is 10.8 Å². The second-order valence-corrected chi connectivity index (χ2v) is 3.27. The summed E-state index contributed by atoms with van der Waals surface area (Å²) in [6.45, 7) is 2.05. The molecular formula is C11H16ClNO2. The van der Waals surface area contributed by atoms with Crippen LogP contribution < -0.4 is 5.73 Å². The van der Waals surface area contributed by atoms with Crippen molar-refractivity contribution in [2.75, 3.05) is 0 Å². The Kier molecular flexibility index (Phi) is 5.97. The molecule has 0 aromatic heterocycles. The van der Waals surface area contributed by atoms with Crippen molar-refractivity contribution in [2.45, 2.75) is 25.8 Å². The highest BCUT2D eigenvalue weighted by atomic mass is 35.5. The second-order valence-electron chi connectivity index (χ2n) is 3.27. The SMILES string of the molecule is CCc1ccccc1C[C@H](N)C(=O)O.Cl. The first kappa shape index (κ1) is 13.9. The number of hydrogen-bond donors (Lipinski definition) is 2. The molecular weight excluding hydrogens is 214 g/mol. The van der Waals surface area contributed by atoms with Gasteiger partial charge >= 0.3 is 5.97 Å². The third-order valence-corrected chi connectivity index (χ3v) is 2.26. The van der Waals surface area contributed by atoms with Gasteiger partial charge in [0.25, 0.3) is 0 Å². The van der Waals surface area contributed by atoms with Gasteiger partial charge in [0.2, 0.25) is 0 Å². The van der Waals surface area contributed by atoms with Crippen molar-refractivity contribution in [3.63, 3.8) is 0 Å². The fourth-order valence-corrected chi connectivity index (χ4v) is 1.43. The van der Waals surface area contributed by atoms with Crippen molar-refractivity contribution in [1.29, 1.82) is 0 Å². The minimum absolute atomic E-state index is 0. The smallest absolute Gasteiger partial charge is 0.320 e. The van der Waals surface area contributed by atoms with Crippen LogP contribution in [0.25, 0.3) is 0 Å². The lowest BCUT2D eigenvalue weighted by atomic mass is 9.99. The van der Waals surface area contributed by atoms with Crippen LogP contribution in [-0.4, -0.2) is 17.1 Å². The molecule has 15 heavy (non-hydrogen) atoms. The van der Waals surface area contributed by atoms with Crippen LogP contribution in [-0.2, 0) is 17.6 Å². The Balaban J connectivity index is 0.00000196. The predicted molar refractivity (Wildman–Crippen MR) is 62.4 cm³/mol. The highest BCUT2D eigenvalue weighted by Crippen LogP contribution is 2.11. The summed E-state index contributed by atoms with van der Waals surface area (Å²) in [6, 6.07) is 6.99. The van der Waals surface area contributed by atoms with E-state index in [1.807, 2.05) is 31.2 Å². The fourth-order valence-electron chi connectivity index (χ4n) is 1.43. The van der Waals surface area contributed by atoms with E-state index in [4.69, 9.17) is 10.8 Å². The van der Waals surface area contributed by atoms with Gasteiger partial charge in [-0.25, -0.2) is 0 Å². The maximum Gasteiger partial charge on any atom is 0.320 e. The number of nitrogens with two attached hydrogens (primary N) is 1. The number of benzene rings is 1. The topological polar surface area (TPSA) is 63.3 Å². The Labute approximate surface area is 95.7 Å². The molecule has 0 bridgehead atoms. The molecule has 84 valence electrons. The molecule has 3 N–H and O–H groups in total. The standard InChI is InChI=1S/C11H15NO2.ClH/c1-2-8-5-3-4-6-9(8)7-10(12)11(13)14;/h3-6,10H,2,7,12H2,1H3,(H,13,14);1H/t10-;/m0./s1. The third kappa shape index (κ3) is 3.90. The van der Waals surface area contributed by atoms with Crippen molar-refractivity contribution in [1.82, 2.24) is 0 Å². The van der Waals surface area contributed by atoms with Gasteiger partial charge in [-0.1, -0.05) is 31.2 Å². The number of hydrogen-bond acceptors (Lipinski definition) is 2. The number of halogens is 1. The Morgan fingerprint density at radius 1 is 1.40 bits per heavy atom. The van der Waals surface area contributed by atoms with Gasteiger partial charge in [-0.3, -0.25) is 4.79 Å². The first-order valence-corrected chi connectivity index (χ1v) is 4.70. The van der Waals surface area contributed by atoms with Crippen LogP contribution in [0.4, 0.5) is 0 Å². The molecule has 0 fully saturated rings. The molecule has 1 aromatic rings. The zero-order chi connectivity index (χ0) is 10.6. The summed E-state index contributed by atoms with van der Waals surface area (Å²) >= 11 is 0. The van der Waals surface area contributed by atoms with Crippen molar-refractivity contribution < 1.29 is 9.90 Å². The van der Waals surface area contributed by atoms with E-state index in [1.165, 1.54) is 5.56 Å². The first-order chi connectivity index (χ1) is 6.65. The summed E-state index contributed by atoms with van der Waals surface area (Å²) in [7, 11) is 0. The monoisotopic (exact) mass is 229 g/mol. The van der Waals surface area contributed by atoms with E-state index in [1.54, 1.807) is 0 Å². The lowest BCUT2D eigenvalue weighted by Crippen LogP contribution is -2.32. The Hall–Kier alpha value is -1.06. The number of carboxylic acid groups (broad SMARTS) is 1. The normalized spacial score (nSPS) is 11.6. The maximum atomic E-state index is 10.6. The van der Waals surface area contributed by atoms with Crippen LogP contribution in [0, 0.1) is 0 Å². The summed E-state index contributed by atoms with van der Waals surface area (Å²) in [4.78, 5) is 10.6. The van der Waals surface area contributed by atoms with Gasteiger partial charge in [-0.15, -0.1) is 12.4 Å². The van der Waals surface area contributed by atoms with E-state index in [9.17, 15) is 4.79 Å². The molecule has 0 aliphatic heterocycles. The van der Waals surface area contributed by atoms with Crippen LogP contribution in [0.5, 0.6) is 0 Å². The minimum atomic E-state index is -0.948. The number of carboxylic acids is 1. The van der Waals surface area contributed by atoms with Crippen LogP contribution in [0.1, 0.15) is 18.1 Å². The molecule has 0 saturated carbocycles. The zero-order valence-electron chi connectivity index (χ0n) is 8.64. The van der Waals surface area contributed by atoms with Crippen LogP contribution >= 0.6 is 12.4 Å². The summed E-state index contributed by atoms with van der Waals surface area (Å²) in [5.74, 6) is -0.948. The summed E-state index contributed by atoms with van der Waals surface area (Å²) in [6.07, 6.45) is 1.31. The first-order valence-electron chi connectivity index (χ1n) is 4.70. The Morgan fingerprint density at radius 2 is 1.93 bits per heavy atom. The van der Waals surface area contributed by atoms with E-state index in [2.05, 4.69) is 0 Å². The highest BCUT2D eigenvalue weighted by Gasteiger charge is 2.13. The number of aryl methyl sites for hydroxylation is 1. The van der Waals surface area contributed by atoms with Crippen molar-refractivity contribution in [2.24, 2.45) is 5.73 Å². The lowest BCUT2D eigenvalue weighted by molar-refractivity contribution is -0.138. The van der Waals surface area contributed by atoms with E-state index < -0.39 is 12.0 Å². The summed E-state index contributed by atoms with van der Waals surface area (Å²) in [5.41, 5.74) is 7.68. The van der Waals surface area contributed by atoms with Crippen molar-refractivity contribution in [3.8, 4) is 0 Å². The maximum absolute atomic E-state index is 10.6. The average molecular weight is 230 g/mol. The molecule has 0 radical (unpaired) electrons. The molecule has 3 nitrogen and oxygen atoms in total. The molecule has 1 atom stereocenters. The molecule has 1 aromatic carbocycles. The van der Waals surface area contributed by atoms with Gasteiger partial charge in [0.15, 0.2) is 0 Å². The highest BCUT2D eigenvalue weighted by molar-refractivity contribution is 5.85. The molecule has 0 saturated heterocycles. The molecule has 0 heterocycles. The van der Waals surface area contributed by atoms with Crippen molar-refractivity contribution in [3.05, 3.63) is 35.4 Å². The van der Waals surface area contributed by atoms with E-state index in [0.717, 1.165) is 12.0 Å². The summed E-state index contributed by atoms with van der Waals surface area (Å²) < 4.78 is 0. The van der Waals surface area contributed by atoms with Gasteiger partial charge in [0, 0.05) is 0 Å². The lowest BCUT2D eigenvalue weighted by Gasteiger charge is -2.10. The number of aliphatic carboxylic acids is 1. The average Bonchev–Trinajstić information content (AvgIpc) is 2.18. The molecule has 0 unspecified atom stereocenters. The summed E-state index contributed by atoms with van der Waals surface area (Å²) in [5, 5.41) is 8.68. The van der Waals surface area contributed by atoms with E-state index in [0.29, 0.717) is 6.42 Å². The molecule has 0 amide bonds.